The van der Waals surface area contributed by atoms with E-state index in [9.17, 15) is 13.2 Å². The molecule has 0 saturated carbocycles. The molecule has 0 unspecified atom stereocenters. The number of aryl methyl sites for hydroxylation is 1. The third-order valence-electron chi connectivity index (χ3n) is 4.11. The van der Waals surface area contributed by atoms with Gasteiger partial charge in [0.05, 0.1) is 0 Å². The van der Waals surface area contributed by atoms with Crippen LogP contribution in [0.2, 0.25) is 0 Å². The van der Waals surface area contributed by atoms with Gasteiger partial charge in [-0.3, -0.25) is 0 Å². The average molecular weight is 326 g/mol. The van der Waals surface area contributed by atoms with Gasteiger partial charge in [-0.05, 0) is 24.8 Å². The van der Waals surface area contributed by atoms with E-state index in [1.54, 1.807) is 6.33 Å². The van der Waals surface area contributed by atoms with Gasteiger partial charge in [-0.25, -0.2) is 9.97 Å². The lowest BCUT2D eigenvalue weighted by atomic mass is 9.93. The second kappa shape index (κ2) is 6.13. The van der Waals surface area contributed by atoms with Crippen molar-refractivity contribution in [3.63, 3.8) is 0 Å². The summed E-state index contributed by atoms with van der Waals surface area (Å²) in [5.41, 5.74) is -0.899. The molecule has 6 nitrogen and oxygen atoms in total. The van der Waals surface area contributed by atoms with Crippen LogP contribution in [0.5, 0.6) is 0 Å². The van der Waals surface area contributed by atoms with Crippen molar-refractivity contribution in [3.05, 3.63) is 30.1 Å². The van der Waals surface area contributed by atoms with Gasteiger partial charge in [0.15, 0.2) is 0 Å². The Labute approximate surface area is 131 Å². The quantitative estimate of drug-likeness (QED) is 0.864. The number of halogens is 3. The Bertz CT molecular complexity index is 661. The average Bonchev–Trinajstić information content (AvgIpc) is 2.92. The van der Waals surface area contributed by atoms with E-state index in [0.29, 0.717) is 19.0 Å². The summed E-state index contributed by atoms with van der Waals surface area (Å²) in [7, 11) is 1.90. The van der Waals surface area contributed by atoms with Crippen molar-refractivity contribution < 1.29 is 13.2 Å². The number of rotatable bonds is 3. The number of anilines is 1. The van der Waals surface area contributed by atoms with Crippen molar-refractivity contribution >= 4 is 5.95 Å². The van der Waals surface area contributed by atoms with Crippen LogP contribution in [0.3, 0.4) is 0 Å². The second-order valence-electron chi connectivity index (χ2n) is 5.73. The van der Waals surface area contributed by atoms with Gasteiger partial charge in [0, 0.05) is 32.8 Å². The zero-order valence-corrected chi connectivity index (χ0v) is 12.7. The molecule has 0 spiro atoms. The summed E-state index contributed by atoms with van der Waals surface area (Å²) in [6.45, 7) is 1.29. The number of nitrogens with zero attached hydrogens (tertiary/aromatic N) is 6. The minimum absolute atomic E-state index is 0.150. The molecule has 0 atom stereocenters. The number of alkyl halides is 3. The number of hydrogen-bond donors (Lipinski definition) is 0. The molecule has 3 rings (SSSR count). The van der Waals surface area contributed by atoms with Crippen molar-refractivity contribution in [2.75, 3.05) is 18.0 Å². The van der Waals surface area contributed by atoms with Crippen molar-refractivity contribution in [2.45, 2.75) is 25.4 Å². The minimum Gasteiger partial charge on any atom is -0.341 e. The zero-order chi connectivity index (χ0) is 16.4. The normalized spacial score (nSPS) is 16.8. The summed E-state index contributed by atoms with van der Waals surface area (Å²) in [4.78, 5) is 9.43. The summed E-state index contributed by atoms with van der Waals surface area (Å²) in [5, 5.41) is 7.93. The highest BCUT2D eigenvalue weighted by Gasteiger charge is 2.33. The molecule has 1 aliphatic heterocycles. The molecular formula is C14H17F3N6. The van der Waals surface area contributed by atoms with Crippen molar-refractivity contribution in [2.24, 2.45) is 13.0 Å². The molecule has 1 saturated heterocycles. The third-order valence-corrected chi connectivity index (χ3v) is 4.11. The van der Waals surface area contributed by atoms with Gasteiger partial charge in [0.1, 0.15) is 17.8 Å². The largest absolute Gasteiger partial charge is 0.433 e. The Balaban J connectivity index is 1.62. The van der Waals surface area contributed by atoms with Gasteiger partial charge in [0.25, 0.3) is 0 Å². The maximum atomic E-state index is 12.7. The van der Waals surface area contributed by atoms with E-state index in [2.05, 4.69) is 20.2 Å². The lowest BCUT2D eigenvalue weighted by molar-refractivity contribution is -0.141. The summed E-state index contributed by atoms with van der Waals surface area (Å²) < 4.78 is 40.1. The molecule has 0 N–H and O–H groups in total. The fourth-order valence-corrected chi connectivity index (χ4v) is 2.75. The fourth-order valence-electron chi connectivity index (χ4n) is 2.75. The van der Waals surface area contributed by atoms with Crippen LogP contribution in [-0.2, 0) is 19.6 Å². The van der Waals surface area contributed by atoms with E-state index in [-0.39, 0.29) is 5.95 Å². The Morgan fingerprint density at radius 3 is 2.61 bits per heavy atom. The third kappa shape index (κ3) is 3.59. The molecule has 9 heteroatoms. The first-order valence-electron chi connectivity index (χ1n) is 7.41. The van der Waals surface area contributed by atoms with Gasteiger partial charge >= 0.3 is 6.18 Å². The fraction of sp³-hybridized carbons (Fsp3) is 0.571. The van der Waals surface area contributed by atoms with E-state index in [4.69, 9.17) is 0 Å². The molecule has 1 fully saturated rings. The van der Waals surface area contributed by atoms with Crippen molar-refractivity contribution in [3.8, 4) is 0 Å². The van der Waals surface area contributed by atoms with E-state index in [1.807, 2.05) is 16.5 Å². The number of piperidine rings is 1. The van der Waals surface area contributed by atoms with Crippen LogP contribution < -0.4 is 4.90 Å². The van der Waals surface area contributed by atoms with Gasteiger partial charge in [-0.1, -0.05) is 0 Å². The lowest BCUT2D eigenvalue weighted by Crippen LogP contribution is -2.36. The molecular weight excluding hydrogens is 309 g/mol. The summed E-state index contributed by atoms with van der Waals surface area (Å²) in [6, 6.07) is 0.893. The Kier molecular flexibility index (Phi) is 4.18. The highest BCUT2D eigenvalue weighted by atomic mass is 19.4. The predicted octanol–water partition coefficient (Wildman–Crippen LogP) is 2.08. The first kappa shape index (κ1) is 15.7. The Morgan fingerprint density at radius 1 is 1.26 bits per heavy atom. The van der Waals surface area contributed by atoms with Crippen LogP contribution in [-0.4, -0.2) is 37.8 Å². The number of aromatic nitrogens is 5. The van der Waals surface area contributed by atoms with E-state index >= 15 is 0 Å². The molecule has 2 aromatic rings. The highest BCUT2D eigenvalue weighted by molar-refractivity contribution is 5.31. The standard InChI is InChI=1S/C14H17F3N6/c1-22-9-19-21-12(22)8-10-3-6-23(7-4-10)13-18-5-2-11(20-13)14(15,16)17/h2,5,9-10H,3-4,6-8H2,1H3. The molecule has 2 aromatic heterocycles. The summed E-state index contributed by atoms with van der Waals surface area (Å²) in [5.74, 6) is 1.52. The molecule has 0 amide bonds. The molecule has 0 aliphatic carbocycles. The summed E-state index contributed by atoms with van der Waals surface area (Å²) >= 11 is 0. The smallest absolute Gasteiger partial charge is 0.341 e. The van der Waals surface area contributed by atoms with Gasteiger partial charge in [0.2, 0.25) is 5.95 Å². The predicted molar refractivity (Wildman–Crippen MR) is 76.7 cm³/mol. The van der Waals surface area contributed by atoms with Crippen LogP contribution in [0.25, 0.3) is 0 Å². The van der Waals surface area contributed by atoms with Crippen LogP contribution in [0.15, 0.2) is 18.6 Å². The summed E-state index contributed by atoms with van der Waals surface area (Å²) in [6.07, 6.45) is 0.950. The van der Waals surface area contributed by atoms with Gasteiger partial charge < -0.3 is 9.47 Å². The van der Waals surface area contributed by atoms with Crippen LogP contribution in [0, 0.1) is 5.92 Å². The first-order chi connectivity index (χ1) is 10.9. The zero-order valence-electron chi connectivity index (χ0n) is 12.7. The molecule has 0 bridgehead atoms. The van der Waals surface area contributed by atoms with E-state index < -0.39 is 11.9 Å². The maximum absolute atomic E-state index is 12.7. The van der Waals surface area contributed by atoms with Crippen molar-refractivity contribution in [1.29, 1.82) is 0 Å². The number of hydrogen-bond acceptors (Lipinski definition) is 5. The SMILES string of the molecule is Cn1cnnc1CC1CCN(c2nccc(C(F)(F)F)n2)CC1. The van der Waals surface area contributed by atoms with E-state index in [0.717, 1.165) is 37.4 Å². The molecule has 0 radical (unpaired) electrons. The van der Waals surface area contributed by atoms with E-state index in [1.165, 1.54) is 0 Å². The van der Waals surface area contributed by atoms with Crippen LogP contribution in [0.4, 0.5) is 19.1 Å². The van der Waals surface area contributed by atoms with Gasteiger partial charge in [-0.15, -0.1) is 10.2 Å². The Morgan fingerprint density at radius 2 is 2.00 bits per heavy atom. The maximum Gasteiger partial charge on any atom is 0.433 e. The molecule has 1 aliphatic rings. The highest BCUT2D eigenvalue weighted by Crippen LogP contribution is 2.29. The monoisotopic (exact) mass is 326 g/mol. The molecule has 124 valence electrons. The van der Waals surface area contributed by atoms with Crippen molar-refractivity contribution in [1.82, 2.24) is 24.7 Å². The Hall–Kier alpha value is -2.19. The molecule has 23 heavy (non-hydrogen) atoms. The van der Waals surface area contributed by atoms with Crippen LogP contribution in [0.1, 0.15) is 24.4 Å². The molecule has 0 aromatic carbocycles. The van der Waals surface area contributed by atoms with Gasteiger partial charge in [-0.2, -0.15) is 13.2 Å². The topological polar surface area (TPSA) is 59.7 Å². The minimum atomic E-state index is -4.44. The second-order valence-corrected chi connectivity index (χ2v) is 5.73. The molecule has 3 heterocycles. The first-order valence-corrected chi connectivity index (χ1v) is 7.41. The lowest BCUT2D eigenvalue weighted by Gasteiger charge is -2.31. The van der Waals surface area contributed by atoms with Crippen LogP contribution >= 0.6 is 0 Å².